The minimum Gasteiger partial charge on any atom is -0.387 e. The van der Waals surface area contributed by atoms with Crippen LogP contribution in [-0.4, -0.2) is 49.1 Å². The van der Waals surface area contributed by atoms with Crippen molar-refractivity contribution in [3.05, 3.63) is 42.2 Å². The van der Waals surface area contributed by atoms with Crippen molar-refractivity contribution in [3.8, 4) is 5.69 Å². The molecule has 3 atom stereocenters. The van der Waals surface area contributed by atoms with Gasteiger partial charge in [0, 0.05) is 0 Å². The smallest absolute Gasteiger partial charge is 0.131 e. The Labute approximate surface area is 109 Å². The van der Waals surface area contributed by atoms with Crippen LogP contribution in [-0.2, 0) is 0 Å². The van der Waals surface area contributed by atoms with E-state index >= 15 is 0 Å². The van der Waals surface area contributed by atoms with E-state index in [2.05, 4.69) is 15.9 Å². The zero-order valence-electron chi connectivity index (χ0n) is 10.3. The molecule has 2 rings (SSSR count). The quantitative estimate of drug-likeness (QED) is 0.512. The number of hydrogen-bond donors (Lipinski definition) is 4. The number of aliphatic hydroxyl groups is 3. The summed E-state index contributed by atoms with van der Waals surface area (Å²) in [7, 11) is 0. The maximum absolute atomic E-state index is 9.90. The van der Waals surface area contributed by atoms with Crippen LogP contribution < -0.4 is 5.73 Å². The number of aliphatic hydroxyl groups excluding tert-OH is 3. The number of rotatable bonds is 5. The molecule has 0 aliphatic carbocycles. The Bertz CT molecular complexity index is 517. The van der Waals surface area contributed by atoms with Crippen molar-refractivity contribution in [2.45, 2.75) is 18.3 Å². The minimum atomic E-state index is -1.33. The van der Waals surface area contributed by atoms with Crippen LogP contribution in [0.4, 0.5) is 0 Å². The molecule has 0 saturated carbocycles. The van der Waals surface area contributed by atoms with Crippen molar-refractivity contribution in [3.63, 3.8) is 0 Å². The Hall–Kier alpha value is -1.80. The second-order valence-corrected chi connectivity index (χ2v) is 4.19. The standard InChI is InChI=1S/C12H16N4O3/c13-6-10(17)12(19)11(18)9-7-14-16(15-9)8-4-2-1-3-5-8/h1-5,7,10-12,17-19H,6,13H2/p+1/t10-,11+,12-/m1/s1. The van der Waals surface area contributed by atoms with Gasteiger partial charge in [-0.1, -0.05) is 18.2 Å². The van der Waals surface area contributed by atoms with Crippen LogP contribution in [0.5, 0.6) is 0 Å². The second-order valence-electron chi connectivity index (χ2n) is 4.19. The fourth-order valence-corrected chi connectivity index (χ4v) is 1.65. The summed E-state index contributed by atoms with van der Waals surface area (Å²) in [6.07, 6.45) is -2.37. The number of benzene rings is 1. The molecule has 6 N–H and O–H groups in total. The van der Waals surface area contributed by atoms with Crippen LogP contribution in [0.3, 0.4) is 0 Å². The fraction of sp³-hybridized carbons (Fsp3) is 0.333. The lowest BCUT2D eigenvalue weighted by Gasteiger charge is -2.18. The number of para-hydroxylation sites is 1. The zero-order chi connectivity index (χ0) is 13.8. The second kappa shape index (κ2) is 5.89. The summed E-state index contributed by atoms with van der Waals surface area (Å²) in [4.78, 5) is 1.35. The Morgan fingerprint density at radius 1 is 1.16 bits per heavy atom. The van der Waals surface area contributed by atoms with Crippen LogP contribution >= 0.6 is 0 Å². The molecule has 7 heteroatoms. The van der Waals surface area contributed by atoms with Crippen LogP contribution in [0.2, 0.25) is 0 Å². The number of nitrogens with zero attached hydrogens (tertiary/aromatic N) is 3. The van der Waals surface area contributed by atoms with Crippen molar-refractivity contribution in [1.29, 1.82) is 0 Å². The summed E-state index contributed by atoms with van der Waals surface area (Å²) in [5.41, 5.74) is 4.41. The molecule has 0 saturated heterocycles. The normalized spacial score (nSPS) is 16.0. The molecule has 0 aliphatic heterocycles. The molecular formula is C12H17N4O3+. The molecule has 0 bridgehead atoms. The van der Waals surface area contributed by atoms with E-state index < -0.39 is 18.3 Å². The first kappa shape index (κ1) is 13.6. The molecule has 0 fully saturated rings. The number of quaternary nitrogens is 1. The van der Waals surface area contributed by atoms with Gasteiger partial charge in [0.05, 0.1) is 11.9 Å². The third kappa shape index (κ3) is 2.96. The van der Waals surface area contributed by atoms with Crippen LogP contribution in [0.25, 0.3) is 5.69 Å². The predicted molar refractivity (Wildman–Crippen MR) is 66.1 cm³/mol. The van der Waals surface area contributed by atoms with E-state index in [1.165, 1.54) is 11.0 Å². The summed E-state index contributed by atoms with van der Waals surface area (Å²) in [6, 6.07) is 9.19. The molecule has 1 heterocycles. The molecule has 2 aromatic rings. The van der Waals surface area contributed by atoms with E-state index in [0.29, 0.717) is 0 Å². The number of hydrogen-bond acceptors (Lipinski definition) is 5. The Balaban J connectivity index is 2.17. The van der Waals surface area contributed by atoms with E-state index in [0.717, 1.165) is 5.69 Å². The molecule has 0 spiro atoms. The third-order valence-corrected chi connectivity index (χ3v) is 2.81. The van der Waals surface area contributed by atoms with Gasteiger partial charge >= 0.3 is 0 Å². The summed E-state index contributed by atoms with van der Waals surface area (Å²) in [5, 5.41) is 37.1. The van der Waals surface area contributed by atoms with Crippen LogP contribution in [0, 0.1) is 0 Å². The van der Waals surface area contributed by atoms with Gasteiger partial charge in [-0.3, -0.25) is 0 Å². The summed E-state index contributed by atoms with van der Waals surface area (Å²) in [5.74, 6) is 0. The van der Waals surface area contributed by atoms with Gasteiger partial charge in [-0.15, -0.1) is 0 Å². The molecule has 7 nitrogen and oxygen atoms in total. The lowest BCUT2D eigenvalue weighted by molar-refractivity contribution is -0.390. The zero-order valence-corrected chi connectivity index (χ0v) is 10.3. The number of aromatic nitrogens is 3. The first-order chi connectivity index (χ1) is 9.13. The van der Waals surface area contributed by atoms with Crippen molar-refractivity contribution in [2.24, 2.45) is 0 Å². The monoisotopic (exact) mass is 265 g/mol. The Morgan fingerprint density at radius 3 is 2.47 bits per heavy atom. The van der Waals surface area contributed by atoms with E-state index in [9.17, 15) is 15.3 Å². The van der Waals surface area contributed by atoms with E-state index in [1.54, 1.807) is 0 Å². The first-order valence-electron chi connectivity index (χ1n) is 5.94. The van der Waals surface area contributed by atoms with Crippen molar-refractivity contribution >= 4 is 0 Å². The molecule has 0 amide bonds. The van der Waals surface area contributed by atoms with Crippen molar-refractivity contribution in [2.75, 3.05) is 6.54 Å². The average molecular weight is 265 g/mol. The fourth-order valence-electron chi connectivity index (χ4n) is 1.65. The average Bonchev–Trinajstić information content (AvgIpc) is 2.95. The van der Waals surface area contributed by atoms with E-state index in [-0.39, 0.29) is 12.2 Å². The van der Waals surface area contributed by atoms with Gasteiger partial charge in [-0.25, -0.2) is 0 Å². The third-order valence-electron chi connectivity index (χ3n) is 2.81. The van der Waals surface area contributed by atoms with Gasteiger partial charge in [0.1, 0.15) is 30.6 Å². The highest BCUT2D eigenvalue weighted by Gasteiger charge is 2.28. The van der Waals surface area contributed by atoms with Gasteiger partial charge in [0.2, 0.25) is 0 Å². The molecule has 0 aliphatic rings. The first-order valence-corrected chi connectivity index (χ1v) is 5.94. The summed E-state index contributed by atoms with van der Waals surface area (Å²) in [6.45, 7) is 0.102. The Morgan fingerprint density at radius 2 is 1.84 bits per heavy atom. The van der Waals surface area contributed by atoms with Gasteiger partial charge in [-0.2, -0.15) is 15.0 Å². The molecule has 1 aromatic heterocycles. The molecule has 102 valence electrons. The van der Waals surface area contributed by atoms with Crippen LogP contribution in [0.15, 0.2) is 36.5 Å². The largest absolute Gasteiger partial charge is 0.387 e. The van der Waals surface area contributed by atoms with E-state index in [4.69, 9.17) is 0 Å². The van der Waals surface area contributed by atoms with E-state index in [1.807, 2.05) is 30.3 Å². The van der Waals surface area contributed by atoms with Crippen LogP contribution in [0.1, 0.15) is 11.8 Å². The maximum Gasteiger partial charge on any atom is 0.131 e. The van der Waals surface area contributed by atoms with Gasteiger partial charge < -0.3 is 21.1 Å². The SMILES string of the molecule is [NH3+]C[C@@H](O)[C@@H](O)[C@@H](O)c1cnn(-c2ccccc2)n1. The molecule has 0 unspecified atom stereocenters. The molecule has 0 radical (unpaired) electrons. The summed E-state index contributed by atoms with van der Waals surface area (Å²) >= 11 is 0. The van der Waals surface area contributed by atoms with Crippen molar-refractivity contribution < 1.29 is 21.1 Å². The highest BCUT2D eigenvalue weighted by atomic mass is 16.4. The lowest BCUT2D eigenvalue weighted by Crippen LogP contribution is -2.59. The highest BCUT2D eigenvalue weighted by molar-refractivity contribution is 5.28. The lowest BCUT2D eigenvalue weighted by atomic mass is 10.1. The van der Waals surface area contributed by atoms with Gasteiger partial charge in [0.15, 0.2) is 0 Å². The van der Waals surface area contributed by atoms with Gasteiger partial charge in [-0.05, 0) is 12.1 Å². The predicted octanol–water partition coefficient (Wildman–Crippen LogP) is -1.74. The highest BCUT2D eigenvalue weighted by Crippen LogP contribution is 2.16. The molecular weight excluding hydrogens is 248 g/mol. The minimum absolute atomic E-state index is 0.102. The molecule has 19 heavy (non-hydrogen) atoms. The topological polar surface area (TPSA) is 119 Å². The Kier molecular flexibility index (Phi) is 4.23. The van der Waals surface area contributed by atoms with Gasteiger partial charge in [0.25, 0.3) is 0 Å². The molecule has 1 aromatic carbocycles. The summed E-state index contributed by atoms with van der Waals surface area (Å²) < 4.78 is 0. The van der Waals surface area contributed by atoms with Crippen molar-refractivity contribution in [1.82, 2.24) is 15.0 Å². The maximum atomic E-state index is 9.90.